The predicted octanol–water partition coefficient (Wildman–Crippen LogP) is 1.08. The van der Waals surface area contributed by atoms with Gasteiger partial charge in [0.1, 0.15) is 6.54 Å². The number of nitro groups is 1. The van der Waals surface area contributed by atoms with Crippen molar-refractivity contribution in [1.29, 1.82) is 0 Å². The minimum absolute atomic E-state index is 0.0303. The average Bonchev–Trinajstić information content (AvgIpc) is 2.49. The van der Waals surface area contributed by atoms with Crippen LogP contribution in [0.3, 0.4) is 0 Å². The first kappa shape index (κ1) is 16.4. The van der Waals surface area contributed by atoms with Crippen LogP contribution in [0.1, 0.15) is 12.8 Å². The van der Waals surface area contributed by atoms with Gasteiger partial charge in [-0.05, 0) is 18.6 Å². The number of hydrogen-bond donors (Lipinski definition) is 2. The molecule has 1 amide bonds. The summed E-state index contributed by atoms with van der Waals surface area (Å²) in [6.07, 6.45) is 0.848. The highest BCUT2D eigenvalue weighted by molar-refractivity contribution is 5.81. The minimum Gasteiger partial charge on any atom is -0.468 e. The molecule has 0 atom stereocenters. The summed E-state index contributed by atoms with van der Waals surface area (Å²) in [5.74, 6) is -0.724. The molecule has 8 heteroatoms. The van der Waals surface area contributed by atoms with Crippen LogP contribution in [-0.2, 0) is 14.3 Å². The Kier molecular flexibility index (Phi) is 6.66. The van der Waals surface area contributed by atoms with Crippen molar-refractivity contribution in [2.75, 3.05) is 25.5 Å². The molecule has 0 spiro atoms. The molecular formula is C13H17N3O5. The number of non-ortho nitro benzene ring substituents is 1. The Morgan fingerprint density at radius 1 is 1.29 bits per heavy atom. The van der Waals surface area contributed by atoms with E-state index in [-0.39, 0.29) is 24.6 Å². The van der Waals surface area contributed by atoms with Crippen molar-refractivity contribution in [3.8, 4) is 0 Å². The fraction of sp³-hybridized carbons (Fsp3) is 0.385. The van der Waals surface area contributed by atoms with Crippen LogP contribution in [0.15, 0.2) is 24.3 Å². The lowest BCUT2D eigenvalue weighted by Crippen LogP contribution is -2.30. The van der Waals surface area contributed by atoms with Crippen LogP contribution in [0.5, 0.6) is 0 Å². The van der Waals surface area contributed by atoms with E-state index in [1.54, 1.807) is 12.1 Å². The van der Waals surface area contributed by atoms with Gasteiger partial charge in [0.25, 0.3) is 5.69 Å². The zero-order valence-corrected chi connectivity index (χ0v) is 11.6. The molecule has 0 radical (unpaired) electrons. The van der Waals surface area contributed by atoms with Crippen LogP contribution in [0.2, 0.25) is 0 Å². The Morgan fingerprint density at radius 3 is 2.52 bits per heavy atom. The Balaban J connectivity index is 2.20. The molecule has 0 aromatic heterocycles. The lowest BCUT2D eigenvalue weighted by Gasteiger charge is -2.06. The number of esters is 1. The van der Waals surface area contributed by atoms with Gasteiger partial charge in [0.2, 0.25) is 5.91 Å². The molecule has 1 aromatic carbocycles. The number of methoxy groups -OCH3 is 1. The first-order valence-electron chi connectivity index (χ1n) is 6.34. The van der Waals surface area contributed by atoms with Gasteiger partial charge in [0.05, 0.1) is 12.0 Å². The van der Waals surface area contributed by atoms with E-state index >= 15 is 0 Å². The number of amides is 1. The number of nitrogens with one attached hydrogen (secondary N) is 2. The Labute approximate surface area is 121 Å². The average molecular weight is 295 g/mol. The van der Waals surface area contributed by atoms with Gasteiger partial charge in [0.15, 0.2) is 0 Å². The highest BCUT2D eigenvalue weighted by Crippen LogP contribution is 2.15. The van der Waals surface area contributed by atoms with Crippen LogP contribution < -0.4 is 10.6 Å². The number of rotatable bonds is 8. The number of hydrogen-bond acceptors (Lipinski definition) is 6. The molecule has 0 aliphatic heterocycles. The molecular weight excluding hydrogens is 278 g/mol. The quantitative estimate of drug-likeness (QED) is 0.321. The van der Waals surface area contributed by atoms with E-state index in [2.05, 4.69) is 15.4 Å². The van der Waals surface area contributed by atoms with E-state index in [1.165, 1.54) is 19.2 Å². The van der Waals surface area contributed by atoms with Crippen LogP contribution >= 0.6 is 0 Å². The van der Waals surface area contributed by atoms with Gasteiger partial charge in [0, 0.05) is 30.8 Å². The first-order chi connectivity index (χ1) is 10.0. The minimum atomic E-state index is -0.493. The van der Waals surface area contributed by atoms with Gasteiger partial charge in [-0.15, -0.1) is 0 Å². The Morgan fingerprint density at radius 2 is 1.95 bits per heavy atom. The lowest BCUT2D eigenvalue weighted by molar-refractivity contribution is -0.384. The van der Waals surface area contributed by atoms with E-state index in [9.17, 15) is 19.7 Å². The summed E-state index contributed by atoms with van der Waals surface area (Å²) in [6.45, 7) is 0.411. The van der Waals surface area contributed by atoms with Gasteiger partial charge in [-0.3, -0.25) is 19.7 Å². The summed E-state index contributed by atoms with van der Waals surface area (Å²) < 4.78 is 4.40. The van der Waals surface area contributed by atoms with Crippen LogP contribution in [0.4, 0.5) is 11.4 Å². The molecule has 0 unspecified atom stereocenters. The standard InChI is InChI=1S/C13H17N3O5/c1-21-13(18)9-15-12(17)3-2-8-14-10-4-6-11(7-5-10)16(19)20/h4-7,14H,2-3,8-9H2,1H3,(H,15,17). The third-order valence-electron chi connectivity index (χ3n) is 2.65. The van der Waals surface area contributed by atoms with Crippen molar-refractivity contribution >= 4 is 23.3 Å². The smallest absolute Gasteiger partial charge is 0.325 e. The van der Waals surface area contributed by atoms with E-state index in [4.69, 9.17) is 0 Å². The second-order valence-corrected chi connectivity index (χ2v) is 4.19. The summed E-state index contributed by atoms with van der Waals surface area (Å²) >= 11 is 0. The molecule has 0 heterocycles. The molecule has 1 rings (SSSR count). The number of anilines is 1. The van der Waals surface area contributed by atoms with Gasteiger partial charge in [-0.2, -0.15) is 0 Å². The maximum absolute atomic E-state index is 11.4. The summed E-state index contributed by atoms with van der Waals surface area (Å²) in [4.78, 5) is 32.2. The van der Waals surface area contributed by atoms with Crippen molar-refractivity contribution in [3.05, 3.63) is 34.4 Å². The molecule has 0 saturated carbocycles. The monoisotopic (exact) mass is 295 g/mol. The lowest BCUT2D eigenvalue weighted by atomic mass is 10.2. The van der Waals surface area contributed by atoms with Crippen molar-refractivity contribution in [2.45, 2.75) is 12.8 Å². The van der Waals surface area contributed by atoms with Crippen LogP contribution in [0.25, 0.3) is 0 Å². The molecule has 1 aromatic rings. The normalized spacial score (nSPS) is 9.76. The van der Waals surface area contributed by atoms with E-state index in [0.717, 1.165) is 5.69 Å². The first-order valence-corrected chi connectivity index (χ1v) is 6.34. The number of ether oxygens (including phenoxy) is 1. The Bertz CT molecular complexity index is 501. The topological polar surface area (TPSA) is 111 Å². The fourth-order valence-electron chi connectivity index (χ4n) is 1.51. The van der Waals surface area contributed by atoms with E-state index in [1.807, 2.05) is 0 Å². The van der Waals surface area contributed by atoms with Gasteiger partial charge in [-0.1, -0.05) is 0 Å². The van der Waals surface area contributed by atoms with E-state index < -0.39 is 10.9 Å². The highest BCUT2D eigenvalue weighted by Gasteiger charge is 2.05. The highest BCUT2D eigenvalue weighted by atomic mass is 16.6. The second kappa shape index (κ2) is 8.51. The number of nitro benzene ring substituents is 1. The summed E-state index contributed by atoms with van der Waals surface area (Å²) in [5.41, 5.74) is 0.776. The number of carbonyl (C=O) groups is 2. The maximum atomic E-state index is 11.4. The SMILES string of the molecule is COC(=O)CNC(=O)CCCNc1ccc([N+](=O)[O-])cc1. The predicted molar refractivity (Wildman–Crippen MR) is 75.8 cm³/mol. The molecule has 8 nitrogen and oxygen atoms in total. The van der Waals surface area contributed by atoms with Gasteiger partial charge in [-0.25, -0.2) is 0 Å². The summed E-state index contributed by atoms with van der Waals surface area (Å²) in [6, 6.07) is 6.03. The number of benzene rings is 1. The number of nitrogens with zero attached hydrogens (tertiary/aromatic N) is 1. The molecule has 0 fully saturated rings. The molecule has 2 N–H and O–H groups in total. The summed E-state index contributed by atoms with van der Waals surface area (Å²) in [7, 11) is 1.25. The zero-order valence-electron chi connectivity index (χ0n) is 11.6. The van der Waals surface area contributed by atoms with Crippen LogP contribution in [0, 0.1) is 10.1 Å². The number of carbonyl (C=O) groups excluding carboxylic acids is 2. The Hall–Kier alpha value is -2.64. The second-order valence-electron chi connectivity index (χ2n) is 4.19. The van der Waals surface area contributed by atoms with Gasteiger partial charge >= 0.3 is 5.97 Å². The molecule has 114 valence electrons. The fourth-order valence-corrected chi connectivity index (χ4v) is 1.51. The van der Waals surface area contributed by atoms with Crippen molar-refractivity contribution in [3.63, 3.8) is 0 Å². The van der Waals surface area contributed by atoms with Crippen molar-refractivity contribution in [1.82, 2.24) is 5.32 Å². The van der Waals surface area contributed by atoms with Crippen molar-refractivity contribution < 1.29 is 19.2 Å². The molecule has 0 bridgehead atoms. The molecule has 0 aliphatic carbocycles. The largest absolute Gasteiger partial charge is 0.468 e. The van der Waals surface area contributed by atoms with E-state index in [0.29, 0.717) is 13.0 Å². The molecule has 0 saturated heterocycles. The maximum Gasteiger partial charge on any atom is 0.325 e. The third-order valence-corrected chi connectivity index (χ3v) is 2.65. The zero-order chi connectivity index (χ0) is 15.7. The van der Waals surface area contributed by atoms with Crippen molar-refractivity contribution in [2.24, 2.45) is 0 Å². The summed E-state index contributed by atoms with van der Waals surface area (Å²) in [5, 5.41) is 16.0. The third kappa shape index (κ3) is 6.37. The molecule has 21 heavy (non-hydrogen) atoms. The van der Waals surface area contributed by atoms with Crippen LogP contribution in [-0.4, -0.2) is 37.0 Å². The van der Waals surface area contributed by atoms with Gasteiger partial charge < -0.3 is 15.4 Å². The molecule has 0 aliphatic rings.